The van der Waals surface area contributed by atoms with Crippen molar-refractivity contribution < 1.29 is 0 Å². The zero-order valence-corrected chi connectivity index (χ0v) is 11.8. The highest BCUT2D eigenvalue weighted by Gasteiger charge is 2.15. The Morgan fingerprint density at radius 1 is 1.33 bits per heavy atom. The van der Waals surface area contributed by atoms with Gasteiger partial charge in [0.05, 0.1) is 5.69 Å². The van der Waals surface area contributed by atoms with Gasteiger partial charge in [0.15, 0.2) is 0 Å². The number of aromatic nitrogens is 2. The maximum absolute atomic E-state index is 6.06. The number of benzene rings is 1. The van der Waals surface area contributed by atoms with Crippen molar-refractivity contribution in [3.63, 3.8) is 0 Å². The molecule has 1 aromatic heterocycles. The first-order chi connectivity index (χ1) is 8.54. The van der Waals surface area contributed by atoms with E-state index in [-0.39, 0.29) is 0 Å². The van der Waals surface area contributed by atoms with Gasteiger partial charge in [0.1, 0.15) is 0 Å². The third-order valence-corrected chi connectivity index (χ3v) is 3.34. The van der Waals surface area contributed by atoms with Crippen molar-refractivity contribution in [3.8, 4) is 11.1 Å². The summed E-state index contributed by atoms with van der Waals surface area (Å²) in [6.07, 6.45) is 1.06. The summed E-state index contributed by atoms with van der Waals surface area (Å²) in [7, 11) is 0. The smallest absolute Gasteiger partial charge is 0.0675 e. The molecule has 0 saturated heterocycles. The van der Waals surface area contributed by atoms with Gasteiger partial charge in [0.2, 0.25) is 0 Å². The summed E-state index contributed by atoms with van der Waals surface area (Å²) in [6.45, 7) is 7.15. The van der Waals surface area contributed by atoms with E-state index in [1.165, 1.54) is 0 Å². The summed E-state index contributed by atoms with van der Waals surface area (Å²) < 4.78 is 2.03. The molecule has 0 radical (unpaired) electrons. The third-order valence-electron chi connectivity index (χ3n) is 3.10. The summed E-state index contributed by atoms with van der Waals surface area (Å²) >= 11 is 6.06. The van der Waals surface area contributed by atoms with Crippen LogP contribution in [0.15, 0.2) is 18.2 Å². The molecule has 3 nitrogen and oxygen atoms in total. The molecule has 4 heteroatoms. The van der Waals surface area contributed by atoms with Crippen LogP contribution in [0.5, 0.6) is 0 Å². The molecule has 0 fully saturated rings. The maximum Gasteiger partial charge on any atom is 0.0675 e. The average Bonchev–Trinajstić information content (AvgIpc) is 2.59. The molecule has 1 aromatic carbocycles. The summed E-state index contributed by atoms with van der Waals surface area (Å²) in [6, 6.07) is 5.55. The van der Waals surface area contributed by atoms with Gasteiger partial charge in [0, 0.05) is 34.1 Å². The Hall–Kier alpha value is -1.48. The fourth-order valence-electron chi connectivity index (χ4n) is 2.26. The standard InChI is InChI=1S/C14H18ClN3/c1-4-7-18-10(3)14(9(2)17-18)12-8-11(15)5-6-13(12)16/h5-6,8H,4,7,16H2,1-3H3. The lowest BCUT2D eigenvalue weighted by Crippen LogP contribution is -2.01. The second-order valence-corrected chi connectivity index (χ2v) is 4.94. The molecule has 0 saturated carbocycles. The molecule has 2 N–H and O–H groups in total. The molecule has 0 unspecified atom stereocenters. The van der Waals surface area contributed by atoms with Gasteiger partial charge in [-0.25, -0.2) is 0 Å². The molecule has 0 bridgehead atoms. The minimum atomic E-state index is 0.696. The summed E-state index contributed by atoms with van der Waals surface area (Å²) in [5.41, 5.74) is 11.0. The molecular weight excluding hydrogens is 246 g/mol. The Kier molecular flexibility index (Phi) is 3.62. The van der Waals surface area contributed by atoms with Crippen molar-refractivity contribution in [1.82, 2.24) is 9.78 Å². The van der Waals surface area contributed by atoms with E-state index in [2.05, 4.69) is 18.9 Å². The first-order valence-corrected chi connectivity index (χ1v) is 6.51. The highest BCUT2D eigenvalue weighted by molar-refractivity contribution is 6.31. The van der Waals surface area contributed by atoms with E-state index < -0.39 is 0 Å². The highest BCUT2D eigenvalue weighted by Crippen LogP contribution is 2.33. The van der Waals surface area contributed by atoms with E-state index in [0.717, 1.165) is 41.2 Å². The van der Waals surface area contributed by atoms with Gasteiger partial charge in [-0.05, 0) is 38.5 Å². The molecule has 96 valence electrons. The molecule has 18 heavy (non-hydrogen) atoms. The van der Waals surface area contributed by atoms with E-state index in [4.69, 9.17) is 17.3 Å². The van der Waals surface area contributed by atoms with Crippen LogP contribution in [0.1, 0.15) is 24.7 Å². The Bertz CT molecular complexity index is 573. The number of hydrogen-bond donors (Lipinski definition) is 1. The SMILES string of the molecule is CCCn1nc(C)c(-c2cc(Cl)ccc2N)c1C. The van der Waals surface area contributed by atoms with E-state index in [0.29, 0.717) is 5.02 Å². The number of rotatable bonds is 3. The van der Waals surface area contributed by atoms with Crippen molar-refractivity contribution in [2.45, 2.75) is 33.7 Å². The van der Waals surface area contributed by atoms with E-state index in [9.17, 15) is 0 Å². The first-order valence-electron chi connectivity index (χ1n) is 6.14. The number of nitrogen functional groups attached to an aromatic ring is 1. The molecular formula is C14H18ClN3. The van der Waals surface area contributed by atoms with Crippen LogP contribution in [0, 0.1) is 13.8 Å². The molecule has 0 aliphatic rings. The number of halogens is 1. The number of aryl methyl sites for hydroxylation is 2. The van der Waals surface area contributed by atoms with Crippen LogP contribution in [0.4, 0.5) is 5.69 Å². The molecule has 2 rings (SSSR count). The number of nitrogens with two attached hydrogens (primary N) is 1. The Morgan fingerprint density at radius 2 is 2.06 bits per heavy atom. The van der Waals surface area contributed by atoms with Crippen LogP contribution >= 0.6 is 11.6 Å². The molecule has 0 spiro atoms. The molecule has 0 aliphatic carbocycles. The van der Waals surface area contributed by atoms with Gasteiger partial charge in [-0.1, -0.05) is 18.5 Å². The number of anilines is 1. The maximum atomic E-state index is 6.06. The molecule has 0 aliphatic heterocycles. The first kappa shape index (κ1) is 13.0. The summed E-state index contributed by atoms with van der Waals surface area (Å²) in [5.74, 6) is 0. The van der Waals surface area contributed by atoms with Crippen molar-refractivity contribution in [2.24, 2.45) is 0 Å². The van der Waals surface area contributed by atoms with Crippen LogP contribution < -0.4 is 5.73 Å². The zero-order valence-electron chi connectivity index (χ0n) is 11.0. The zero-order chi connectivity index (χ0) is 13.3. The topological polar surface area (TPSA) is 43.8 Å². The average molecular weight is 264 g/mol. The highest BCUT2D eigenvalue weighted by atomic mass is 35.5. The minimum Gasteiger partial charge on any atom is -0.398 e. The third kappa shape index (κ3) is 2.23. The predicted molar refractivity (Wildman–Crippen MR) is 76.9 cm³/mol. The fourth-order valence-corrected chi connectivity index (χ4v) is 2.43. The van der Waals surface area contributed by atoms with Crippen LogP contribution in [0.2, 0.25) is 5.02 Å². The van der Waals surface area contributed by atoms with Crippen molar-refractivity contribution >= 4 is 17.3 Å². The van der Waals surface area contributed by atoms with Crippen molar-refractivity contribution in [2.75, 3.05) is 5.73 Å². The Morgan fingerprint density at radius 3 is 2.72 bits per heavy atom. The molecule has 2 aromatic rings. The van der Waals surface area contributed by atoms with Crippen molar-refractivity contribution in [1.29, 1.82) is 0 Å². The van der Waals surface area contributed by atoms with E-state index >= 15 is 0 Å². The Balaban J connectivity index is 2.60. The van der Waals surface area contributed by atoms with Crippen LogP contribution in [0.3, 0.4) is 0 Å². The molecule has 1 heterocycles. The van der Waals surface area contributed by atoms with Gasteiger partial charge in [-0.2, -0.15) is 5.10 Å². The van der Waals surface area contributed by atoms with Gasteiger partial charge < -0.3 is 5.73 Å². The lowest BCUT2D eigenvalue weighted by atomic mass is 10.0. The lowest BCUT2D eigenvalue weighted by molar-refractivity contribution is 0.583. The molecule has 0 amide bonds. The second-order valence-electron chi connectivity index (χ2n) is 4.50. The summed E-state index contributed by atoms with van der Waals surface area (Å²) in [5, 5.41) is 5.26. The van der Waals surface area contributed by atoms with E-state index in [1.54, 1.807) is 0 Å². The molecule has 0 atom stereocenters. The van der Waals surface area contributed by atoms with Gasteiger partial charge >= 0.3 is 0 Å². The summed E-state index contributed by atoms with van der Waals surface area (Å²) in [4.78, 5) is 0. The van der Waals surface area contributed by atoms with Gasteiger partial charge in [0.25, 0.3) is 0 Å². The normalized spacial score (nSPS) is 10.9. The quantitative estimate of drug-likeness (QED) is 0.856. The monoisotopic (exact) mass is 263 g/mol. The Labute approximate surface area is 113 Å². The van der Waals surface area contributed by atoms with Crippen molar-refractivity contribution in [3.05, 3.63) is 34.6 Å². The van der Waals surface area contributed by atoms with Crippen LogP contribution in [0.25, 0.3) is 11.1 Å². The van der Waals surface area contributed by atoms with Gasteiger partial charge in [-0.15, -0.1) is 0 Å². The second kappa shape index (κ2) is 5.02. The van der Waals surface area contributed by atoms with Crippen LogP contribution in [-0.4, -0.2) is 9.78 Å². The largest absolute Gasteiger partial charge is 0.398 e. The minimum absolute atomic E-state index is 0.696. The lowest BCUT2D eigenvalue weighted by Gasteiger charge is -2.07. The van der Waals surface area contributed by atoms with Crippen LogP contribution in [-0.2, 0) is 6.54 Å². The number of nitrogens with zero attached hydrogens (tertiary/aromatic N) is 2. The predicted octanol–water partition coefficient (Wildman–Crippen LogP) is 3.81. The fraction of sp³-hybridized carbons (Fsp3) is 0.357. The van der Waals surface area contributed by atoms with Gasteiger partial charge in [-0.3, -0.25) is 4.68 Å². The number of hydrogen-bond acceptors (Lipinski definition) is 2. The van der Waals surface area contributed by atoms with E-state index in [1.807, 2.05) is 29.8 Å².